The number of H-pyrrole nitrogens is 1. The molecular weight excluding hydrogens is 316 g/mol. The van der Waals surface area contributed by atoms with E-state index in [1.54, 1.807) is 12.1 Å². The molecule has 3 aromatic rings. The number of aromatic amines is 1. The molecule has 7 nitrogen and oxygen atoms in total. The number of aromatic nitrogens is 5. The lowest BCUT2D eigenvalue weighted by Crippen LogP contribution is -2.16. The third-order valence-electron chi connectivity index (χ3n) is 3.02. The van der Waals surface area contributed by atoms with Crippen molar-refractivity contribution in [3.05, 3.63) is 52.6 Å². The summed E-state index contributed by atoms with van der Waals surface area (Å²) >= 11 is 6.10. The first-order valence-corrected chi connectivity index (χ1v) is 7.21. The Kier molecular flexibility index (Phi) is 4.03. The standard InChI is InChI=1S/C15H13ClN6O/c1-8-7-9(2)18-15(17-8)20-14(23)13-19-12(21-22-13)10-5-3-4-6-11(10)16/h3-7H,1-2H3,(H,19,21,22)(H,17,18,20,23). The van der Waals surface area contributed by atoms with Gasteiger partial charge in [-0.3, -0.25) is 15.2 Å². The highest BCUT2D eigenvalue weighted by Crippen LogP contribution is 2.24. The fourth-order valence-corrected chi connectivity index (χ4v) is 2.29. The van der Waals surface area contributed by atoms with Crippen LogP contribution in [-0.4, -0.2) is 31.1 Å². The Balaban J connectivity index is 1.83. The predicted octanol–water partition coefficient (Wildman–Crippen LogP) is 2.78. The van der Waals surface area contributed by atoms with Gasteiger partial charge in [-0.1, -0.05) is 23.7 Å². The Labute approximate surface area is 137 Å². The van der Waals surface area contributed by atoms with E-state index >= 15 is 0 Å². The highest BCUT2D eigenvalue weighted by Gasteiger charge is 2.15. The van der Waals surface area contributed by atoms with Gasteiger partial charge in [0.2, 0.25) is 11.8 Å². The maximum Gasteiger partial charge on any atom is 0.295 e. The molecule has 0 aliphatic heterocycles. The molecule has 2 N–H and O–H groups in total. The van der Waals surface area contributed by atoms with Crippen LogP contribution in [-0.2, 0) is 0 Å². The minimum atomic E-state index is -0.471. The Morgan fingerprint density at radius 3 is 2.52 bits per heavy atom. The molecule has 0 unspecified atom stereocenters. The molecule has 0 saturated carbocycles. The third kappa shape index (κ3) is 3.35. The summed E-state index contributed by atoms with van der Waals surface area (Å²) in [5.74, 6) is 0.161. The summed E-state index contributed by atoms with van der Waals surface area (Å²) < 4.78 is 0. The fraction of sp³-hybridized carbons (Fsp3) is 0.133. The topological polar surface area (TPSA) is 96.5 Å². The zero-order valence-corrected chi connectivity index (χ0v) is 13.2. The minimum absolute atomic E-state index is 0.0580. The van der Waals surface area contributed by atoms with E-state index in [-0.39, 0.29) is 11.8 Å². The number of carbonyl (C=O) groups excluding carboxylic acids is 1. The normalized spacial score (nSPS) is 10.6. The van der Waals surface area contributed by atoms with Gasteiger partial charge in [-0.25, -0.2) is 15.0 Å². The molecule has 0 aliphatic carbocycles. The molecule has 2 aromatic heterocycles. The van der Waals surface area contributed by atoms with E-state index in [2.05, 4.69) is 30.5 Å². The lowest BCUT2D eigenvalue weighted by Gasteiger charge is -2.03. The number of amides is 1. The zero-order valence-electron chi connectivity index (χ0n) is 12.5. The van der Waals surface area contributed by atoms with Crippen LogP contribution in [0.25, 0.3) is 11.4 Å². The smallest absolute Gasteiger partial charge is 0.288 e. The molecule has 2 heterocycles. The summed E-state index contributed by atoms with van der Waals surface area (Å²) in [5.41, 5.74) is 2.18. The van der Waals surface area contributed by atoms with Gasteiger partial charge in [-0.05, 0) is 32.0 Å². The Hall–Kier alpha value is -2.80. The average molecular weight is 329 g/mol. The van der Waals surface area contributed by atoms with Gasteiger partial charge in [0.25, 0.3) is 5.91 Å². The van der Waals surface area contributed by atoms with Gasteiger partial charge in [-0.15, -0.1) is 0 Å². The van der Waals surface area contributed by atoms with Gasteiger partial charge < -0.3 is 0 Å². The molecule has 0 fully saturated rings. The number of aryl methyl sites for hydroxylation is 2. The molecule has 0 radical (unpaired) electrons. The molecule has 116 valence electrons. The molecular formula is C15H13ClN6O. The molecule has 1 aromatic carbocycles. The second-order valence-corrected chi connectivity index (χ2v) is 5.32. The highest BCUT2D eigenvalue weighted by molar-refractivity contribution is 6.33. The third-order valence-corrected chi connectivity index (χ3v) is 3.35. The summed E-state index contributed by atoms with van der Waals surface area (Å²) in [6.07, 6.45) is 0. The average Bonchev–Trinajstić information content (AvgIpc) is 2.96. The maximum absolute atomic E-state index is 12.2. The van der Waals surface area contributed by atoms with Gasteiger partial charge in [0.1, 0.15) is 0 Å². The highest BCUT2D eigenvalue weighted by atomic mass is 35.5. The molecule has 23 heavy (non-hydrogen) atoms. The quantitative estimate of drug-likeness (QED) is 0.770. The number of carbonyl (C=O) groups is 1. The fourth-order valence-electron chi connectivity index (χ4n) is 2.07. The molecule has 0 bridgehead atoms. The van der Waals surface area contributed by atoms with E-state index in [9.17, 15) is 4.79 Å². The number of nitrogens with zero attached hydrogens (tertiary/aromatic N) is 4. The van der Waals surface area contributed by atoms with Crippen LogP contribution in [0.5, 0.6) is 0 Å². The van der Waals surface area contributed by atoms with Gasteiger partial charge in [0, 0.05) is 17.0 Å². The maximum atomic E-state index is 12.2. The SMILES string of the molecule is Cc1cc(C)nc(NC(=O)c2nc(-c3ccccc3Cl)n[nH]2)n1. The van der Waals surface area contributed by atoms with Crippen LogP contribution in [0.3, 0.4) is 0 Å². The van der Waals surface area contributed by atoms with Crippen LogP contribution in [0.1, 0.15) is 22.0 Å². The van der Waals surface area contributed by atoms with Crippen LogP contribution < -0.4 is 5.32 Å². The number of rotatable bonds is 3. The lowest BCUT2D eigenvalue weighted by molar-refractivity contribution is 0.101. The summed E-state index contributed by atoms with van der Waals surface area (Å²) in [6.45, 7) is 3.66. The van der Waals surface area contributed by atoms with Crippen LogP contribution >= 0.6 is 11.6 Å². The Bertz CT molecular complexity index is 856. The molecule has 1 amide bonds. The van der Waals surface area contributed by atoms with Crippen LogP contribution in [0.15, 0.2) is 30.3 Å². The molecule has 0 spiro atoms. The molecule has 0 atom stereocenters. The van der Waals surface area contributed by atoms with Crippen molar-refractivity contribution >= 4 is 23.5 Å². The van der Waals surface area contributed by atoms with Gasteiger partial charge in [-0.2, -0.15) is 5.10 Å². The summed E-state index contributed by atoms with van der Waals surface area (Å²) in [5, 5.41) is 9.72. The van der Waals surface area contributed by atoms with Crippen LogP contribution in [0, 0.1) is 13.8 Å². The first-order chi connectivity index (χ1) is 11.0. The van der Waals surface area contributed by atoms with Crippen LogP contribution in [0.2, 0.25) is 5.02 Å². The molecule has 3 rings (SSSR count). The molecule has 0 aliphatic rings. The summed E-state index contributed by atoms with van der Waals surface area (Å²) in [7, 11) is 0. The van der Waals surface area contributed by atoms with Crippen LogP contribution in [0.4, 0.5) is 5.95 Å². The van der Waals surface area contributed by atoms with Crippen molar-refractivity contribution in [3.63, 3.8) is 0 Å². The minimum Gasteiger partial charge on any atom is -0.288 e. The Morgan fingerprint density at radius 2 is 1.83 bits per heavy atom. The second-order valence-electron chi connectivity index (χ2n) is 4.92. The van der Waals surface area contributed by atoms with Gasteiger partial charge in [0.15, 0.2) is 5.82 Å². The van der Waals surface area contributed by atoms with E-state index in [4.69, 9.17) is 11.6 Å². The van der Waals surface area contributed by atoms with E-state index in [0.717, 1.165) is 11.4 Å². The Morgan fingerprint density at radius 1 is 1.13 bits per heavy atom. The number of anilines is 1. The first kappa shape index (κ1) is 15.1. The van der Waals surface area contributed by atoms with Crippen molar-refractivity contribution in [2.45, 2.75) is 13.8 Å². The monoisotopic (exact) mass is 328 g/mol. The molecule has 8 heteroatoms. The van der Waals surface area contributed by atoms with Crippen molar-refractivity contribution in [1.82, 2.24) is 25.1 Å². The van der Waals surface area contributed by atoms with Crippen molar-refractivity contribution in [2.24, 2.45) is 0 Å². The van der Waals surface area contributed by atoms with Crippen molar-refractivity contribution in [3.8, 4) is 11.4 Å². The zero-order chi connectivity index (χ0) is 16.4. The van der Waals surface area contributed by atoms with E-state index in [1.807, 2.05) is 32.0 Å². The predicted molar refractivity (Wildman–Crippen MR) is 86.3 cm³/mol. The first-order valence-electron chi connectivity index (χ1n) is 6.84. The van der Waals surface area contributed by atoms with E-state index < -0.39 is 5.91 Å². The second kappa shape index (κ2) is 6.13. The van der Waals surface area contributed by atoms with E-state index in [1.165, 1.54) is 0 Å². The lowest BCUT2D eigenvalue weighted by atomic mass is 10.2. The van der Waals surface area contributed by atoms with Gasteiger partial charge in [0.05, 0.1) is 5.02 Å². The largest absolute Gasteiger partial charge is 0.295 e. The van der Waals surface area contributed by atoms with E-state index in [0.29, 0.717) is 16.4 Å². The number of hydrogen-bond acceptors (Lipinski definition) is 5. The summed E-state index contributed by atoms with van der Waals surface area (Å²) in [4.78, 5) is 24.7. The molecule has 0 saturated heterocycles. The van der Waals surface area contributed by atoms with Gasteiger partial charge >= 0.3 is 0 Å². The number of hydrogen-bond donors (Lipinski definition) is 2. The van der Waals surface area contributed by atoms with Crippen molar-refractivity contribution in [1.29, 1.82) is 0 Å². The number of benzene rings is 1. The number of halogens is 1. The van der Waals surface area contributed by atoms with Crippen molar-refractivity contribution in [2.75, 3.05) is 5.32 Å². The number of nitrogens with one attached hydrogen (secondary N) is 2. The van der Waals surface area contributed by atoms with Crippen molar-refractivity contribution < 1.29 is 4.79 Å². The summed E-state index contributed by atoms with van der Waals surface area (Å²) in [6, 6.07) is 8.96.